The van der Waals surface area contributed by atoms with Crippen LogP contribution in [0.1, 0.15) is 39.4 Å². The summed E-state index contributed by atoms with van der Waals surface area (Å²) in [5, 5.41) is 8.31. The largest absolute Gasteiger partial charge is 0.382 e. The summed E-state index contributed by atoms with van der Waals surface area (Å²) < 4.78 is 1.92. The van der Waals surface area contributed by atoms with Crippen molar-refractivity contribution in [2.24, 2.45) is 11.1 Å². The summed E-state index contributed by atoms with van der Waals surface area (Å²) in [6.45, 7) is 11.1. The van der Waals surface area contributed by atoms with E-state index in [9.17, 15) is 4.79 Å². The summed E-state index contributed by atoms with van der Waals surface area (Å²) in [6.07, 6.45) is 2.75. The molecule has 0 spiro atoms. The molecule has 0 radical (unpaired) electrons. The fourth-order valence-corrected chi connectivity index (χ4v) is 3.30. The first-order valence-electron chi connectivity index (χ1n) is 9.19. The summed E-state index contributed by atoms with van der Waals surface area (Å²) in [6, 6.07) is 0. The van der Waals surface area contributed by atoms with Crippen molar-refractivity contribution in [1.82, 2.24) is 24.6 Å². The van der Waals surface area contributed by atoms with E-state index >= 15 is 0 Å². The van der Waals surface area contributed by atoms with Gasteiger partial charge in [0.1, 0.15) is 12.2 Å². The fourth-order valence-electron chi connectivity index (χ4n) is 3.30. The van der Waals surface area contributed by atoms with Gasteiger partial charge in [0.15, 0.2) is 0 Å². The average Bonchev–Trinajstić information content (AvgIpc) is 3.20. The third kappa shape index (κ3) is 4.18. The van der Waals surface area contributed by atoms with Gasteiger partial charge in [0.05, 0.1) is 12.3 Å². The zero-order chi connectivity index (χ0) is 17.8. The molecular formula is C17H28N6O2. The van der Waals surface area contributed by atoms with Crippen LogP contribution in [0, 0.1) is 5.92 Å². The van der Waals surface area contributed by atoms with E-state index in [0.717, 1.165) is 57.2 Å². The lowest BCUT2D eigenvalue weighted by Crippen LogP contribution is -2.41. The Labute approximate surface area is 148 Å². The van der Waals surface area contributed by atoms with E-state index in [0.29, 0.717) is 12.3 Å². The first-order chi connectivity index (χ1) is 12.1. The number of carbonyl (C=O) groups excluding carboxylic acids is 1. The van der Waals surface area contributed by atoms with Gasteiger partial charge in [-0.2, -0.15) is 5.10 Å². The van der Waals surface area contributed by atoms with Crippen molar-refractivity contribution in [2.45, 2.75) is 52.8 Å². The Morgan fingerprint density at radius 2 is 2.16 bits per heavy atom. The fraction of sp³-hybridized carbons (Fsp3) is 0.765. The number of aryl methyl sites for hydroxylation is 1. The Balaban J connectivity index is 1.52. The molecule has 1 amide bonds. The zero-order valence-electron chi connectivity index (χ0n) is 15.4. The molecule has 8 nitrogen and oxygen atoms in total. The molecule has 2 aliphatic heterocycles. The van der Waals surface area contributed by atoms with Gasteiger partial charge in [0, 0.05) is 39.1 Å². The molecule has 0 saturated carbocycles. The third-order valence-electron chi connectivity index (χ3n) is 4.89. The number of nitrogens with zero attached hydrogens (tertiary/aromatic N) is 6. The van der Waals surface area contributed by atoms with Gasteiger partial charge >= 0.3 is 0 Å². The van der Waals surface area contributed by atoms with Crippen LogP contribution in [-0.4, -0.2) is 68.5 Å². The second kappa shape index (κ2) is 7.95. The predicted molar refractivity (Wildman–Crippen MR) is 93.9 cm³/mol. The molecule has 0 bridgehead atoms. The topological polar surface area (TPSA) is 75.9 Å². The molecule has 3 rings (SSSR count). The maximum Gasteiger partial charge on any atom is 0.266 e. The van der Waals surface area contributed by atoms with E-state index < -0.39 is 6.10 Å². The molecule has 0 aliphatic carbocycles. The van der Waals surface area contributed by atoms with Crippen molar-refractivity contribution >= 4 is 11.6 Å². The Morgan fingerprint density at radius 1 is 1.32 bits per heavy atom. The average molecular weight is 348 g/mol. The van der Waals surface area contributed by atoms with Crippen molar-refractivity contribution < 1.29 is 9.63 Å². The molecule has 8 heteroatoms. The summed E-state index contributed by atoms with van der Waals surface area (Å²) in [5.74, 6) is 1.38. The number of rotatable bonds is 5. The summed E-state index contributed by atoms with van der Waals surface area (Å²) in [4.78, 5) is 26.7. The summed E-state index contributed by atoms with van der Waals surface area (Å²) in [5.41, 5.74) is 0.980. The number of amides is 1. The van der Waals surface area contributed by atoms with Crippen molar-refractivity contribution in [3.63, 3.8) is 0 Å². The van der Waals surface area contributed by atoms with Gasteiger partial charge in [0.2, 0.25) is 6.10 Å². The summed E-state index contributed by atoms with van der Waals surface area (Å²) in [7, 11) is 0. The predicted octanol–water partition coefficient (Wildman–Crippen LogP) is 1.13. The molecule has 1 aromatic heterocycles. The monoisotopic (exact) mass is 348 g/mol. The number of aromatic nitrogens is 3. The second-order valence-electron chi connectivity index (χ2n) is 6.98. The molecule has 1 saturated heterocycles. The van der Waals surface area contributed by atoms with Gasteiger partial charge in [-0.1, -0.05) is 19.0 Å². The van der Waals surface area contributed by atoms with E-state index in [-0.39, 0.29) is 5.91 Å². The third-order valence-corrected chi connectivity index (χ3v) is 4.89. The van der Waals surface area contributed by atoms with Gasteiger partial charge in [-0.15, -0.1) is 0 Å². The van der Waals surface area contributed by atoms with E-state index in [1.54, 1.807) is 6.33 Å². The van der Waals surface area contributed by atoms with Crippen molar-refractivity contribution in [2.75, 3.05) is 26.2 Å². The van der Waals surface area contributed by atoms with Crippen molar-refractivity contribution in [1.29, 1.82) is 0 Å². The Bertz CT molecular complexity index is 626. The molecular weight excluding hydrogens is 320 g/mol. The van der Waals surface area contributed by atoms with Gasteiger partial charge in [-0.3, -0.25) is 9.69 Å². The van der Waals surface area contributed by atoms with Crippen LogP contribution in [0.15, 0.2) is 11.5 Å². The van der Waals surface area contributed by atoms with Crippen LogP contribution < -0.4 is 0 Å². The van der Waals surface area contributed by atoms with Gasteiger partial charge in [0.25, 0.3) is 5.91 Å². The maximum absolute atomic E-state index is 12.7. The Hall–Kier alpha value is -1.96. The Kier molecular flexibility index (Phi) is 5.67. The van der Waals surface area contributed by atoms with Gasteiger partial charge in [-0.05, 0) is 19.3 Å². The highest BCUT2D eigenvalue weighted by Crippen LogP contribution is 2.19. The smallest absolute Gasteiger partial charge is 0.266 e. The quantitative estimate of drug-likeness (QED) is 0.797. The molecule has 1 unspecified atom stereocenters. The molecule has 1 atom stereocenters. The lowest BCUT2D eigenvalue weighted by molar-refractivity contribution is -0.141. The minimum atomic E-state index is -0.438. The lowest BCUT2D eigenvalue weighted by Gasteiger charge is -2.23. The van der Waals surface area contributed by atoms with Crippen LogP contribution in [0.5, 0.6) is 0 Å². The van der Waals surface area contributed by atoms with Crippen LogP contribution in [-0.2, 0) is 22.7 Å². The Morgan fingerprint density at radius 3 is 2.88 bits per heavy atom. The lowest BCUT2D eigenvalue weighted by atomic mass is 10.0. The number of hydrogen-bond acceptors (Lipinski definition) is 6. The highest BCUT2D eigenvalue weighted by Gasteiger charge is 2.33. The van der Waals surface area contributed by atoms with E-state index in [1.807, 2.05) is 9.58 Å². The number of hydrogen-bond donors (Lipinski definition) is 0. The minimum absolute atomic E-state index is 0.0676. The molecule has 0 aromatic carbocycles. The molecule has 3 heterocycles. The van der Waals surface area contributed by atoms with Crippen LogP contribution in [0.25, 0.3) is 0 Å². The molecule has 1 aromatic rings. The molecule has 138 valence electrons. The van der Waals surface area contributed by atoms with Crippen molar-refractivity contribution in [3.8, 4) is 0 Å². The van der Waals surface area contributed by atoms with Crippen LogP contribution in [0.4, 0.5) is 0 Å². The molecule has 1 fully saturated rings. The highest BCUT2D eigenvalue weighted by molar-refractivity contribution is 5.93. The zero-order valence-corrected chi connectivity index (χ0v) is 15.4. The maximum atomic E-state index is 12.7. The minimum Gasteiger partial charge on any atom is -0.382 e. The van der Waals surface area contributed by atoms with Crippen molar-refractivity contribution in [3.05, 3.63) is 12.2 Å². The van der Waals surface area contributed by atoms with Gasteiger partial charge < -0.3 is 9.74 Å². The second-order valence-corrected chi connectivity index (χ2v) is 6.98. The standard InChI is InChI=1S/C17H28N6O2/c1-4-23-16(18-12-19-23)11-21-6-5-7-22(9-8-21)17(24)15-10-14(13(2)3)20-25-15/h12-13,15H,4-11H2,1-3H3. The van der Waals surface area contributed by atoms with Crippen LogP contribution in [0.3, 0.4) is 0 Å². The molecule has 0 N–H and O–H groups in total. The number of oxime groups is 1. The van der Waals surface area contributed by atoms with Crippen LogP contribution >= 0.6 is 0 Å². The number of carbonyl (C=O) groups is 1. The highest BCUT2D eigenvalue weighted by atomic mass is 16.6. The first-order valence-corrected chi connectivity index (χ1v) is 9.19. The van der Waals surface area contributed by atoms with Gasteiger partial charge in [-0.25, -0.2) is 9.67 Å². The van der Waals surface area contributed by atoms with E-state index in [1.165, 1.54) is 0 Å². The normalized spacial score (nSPS) is 22.0. The SMILES string of the molecule is CCn1ncnc1CN1CCCN(C(=O)C2CC(C(C)C)=NO2)CC1. The molecule has 25 heavy (non-hydrogen) atoms. The first kappa shape index (κ1) is 17.8. The molecule has 2 aliphatic rings. The van der Waals surface area contributed by atoms with E-state index in [2.05, 4.69) is 40.9 Å². The summed E-state index contributed by atoms with van der Waals surface area (Å²) >= 11 is 0. The van der Waals surface area contributed by atoms with E-state index in [4.69, 9.17) is 4.84 Å². The van der Waals surface area contributed by atoms with Crippen LogP contribution in [0.2, 0.25) is 0 Å².